The molecule has 1 N–H and O–H groups in total. The SMILES string of the molecule is CCNC1CCCCC(C2CCOC3(CCOC3)C2)C1. The van der Waals surface area contributed by atoms with E-state index in [2.05, 4.69) is 12.2 Å². The van der Waals surface area contributed by atoms with E-state index in [-0.39, 0.29) is 5.60 Å². The monoisotopic (exact) mass is 281 g/mol. The van der Waals surface area contributed by atoms with E-state index in [0.29, 0.717) is 0 Å². The van der Waals surface area contributed by atoms with Crippen molar-refractivity contribution in [2.24, 2.45) is 11.8 Å². The molecule has 1 spiro atoms. The van der Waals surface area contributed by atoms with Crippen molar-refractivity contribution in [1.82, 2.24) is 5.32 Å². The van der Waals surface area contributed by atoms with Gasteiger partial charge in [0.1, 0.15) is 0 Å². The van der Waals surface area contributed by atoms with Crippen LogP contribution in [0.2, 0.25) is 0 Å². The van der Waals surface area contributed by atoms with Crippen LogP contribution in [-0.2, 0) is 9.47 Å². The first-order chi connectivity index (χ1) is 9.81. The van der Waals surface area contributed by atoms with Gasteiger partial charge in [-0.05, 0) is 44.1 Å². The summed E-state index contributed by atoms with van der Waals surface area (Å²) in [4.78, 5) is 0. The van der Waals surface area contributed by atoms with Gasteiger partial charge >= 0.3 is 0 Å². The second-order valence-corrected chi connectivity index (χ2v) is 7.12. The number of rotatable bonds is 3. The molecular weight excluding hydrogens is 250 g/mol. The summed E-state index contributed by atoms with van der Waals surface area (Å²) in [5, 5.41) is 3.70. The molecule has 3 fully saturated rings. The summed E-state index contributed by atoms with van der Waals surface area (Å²) < 4.78 is 11.7. The summed E-state index contributed by atoms with van der Waals surface area (Å²) >= 11 is 0. The third kappa shape index (κ3) is 3.37. The molecule has 4 atom stereocenters. The van der Waals surface area contributed by atoms with Crippen molar-refractivity contribution in [2.45, 2.75) is 69.9 Å². The molecule has 3 aliphatic rings. The zero-order chi connectivity index (χ0) is 13.8. The molecule has 2 saturated heterocycles. The number of hydrogen-bond donors (Lipinski definition) is 1. The standard InChI is InChI=1S/C17H31NO2/c1-2-18-16-6-4-3-5-14(11-16)15-7-9-20-17(12-15)8-10-19-13-17/h14-16,18H,2-13H2,1H3. The summed E-state index contributed by atoms with van der Waals surface area (Å²) in [6.45, 7) is 6.04. The fourth-order valence-electron chi connectivity index (χ4n) is 4.63. The molecule has 1 saturated carbocycles. The van der Waals surface area contributed by atoms with Crippen molar-refractivity contribution >= 4 is 0 Å². The van der Waals surface area contributed by atoms with Crippen molar-refractivity contribution in [2.75, 3.05) is 26.4 Å². The first-order valence-corrected chi connectivity index (χ1v) is 8.76. The van der Waals surface area contributed by atoms with Crippen LogP contribution in [0.15, 0.2) is 0 Å². The van der Waals surface area contributed by atoms with Gasteiger partial charge in [0.25, 0.3) is 0 Å². The van der Waals surface area contributed by atoms with Gasteiger partial charge in [-0.3, -0.25) is 0 Å². The van der Waals surface area contributed by atoms with Gasteiger partial charge in [0, 0.05) is 25.7 Å². The van der Waals surface area contributed by atoms with E-state index < -0.39 is 0 Å². The van der Waals surface area contributed by atoms with Crippen LogP contribution in [0.4, 0.5) is 0 Å². The minimum atomic E-state index is 0.0862. The van der Waals surface area contributed by atoms with Crippen LogP contribution in [0.3, 0.4) is 0 Å². The molecule has 3 heteroatoms. The molecule has 4 unspecified atom stereocenters. The quantitative estimate of drug-likeness (QED) is 0.806. The van der Waals surface area contributed by atoms with Crippen molar-refractivity contribution in [3.05, 3.63) is 0 Å². The highest BCUT2D eigenvalue weighted by Gasteiger charge is 2.43. The predicted octanol–water partition coefficient (Wildman–Crippen LogP) is 3.13. The topological polar surface area (TPSA) is 30.5 Å². The highest BCUT2D eigenvalue weighted by atomic mass is 16.6. The van der Waals surface area contributed by atoms with Gasteiger partial charge in [-0.15, -0.1) is 0 Å². The van der Waals surface area contributed by atoms with Gasteiger partial charge in [-0.25, -0.2) is 0 Å². The van der Waals surface area contributed by atoms with Crippen LogP contribution >= 0.6 is 0 Å². The summed E-state index contributed by atoms with van der Waals surface area (Å²) in [5.41, 5.74) is 0.0862. The zero-order valence-corrected chi connectivity index (χ0v) is 13.0. The molecule has 0 radical (unpaired) electrons. The van der Waals surface area contributed by atoms with Crippen LogP contribution in [0.5, 0.6) is 0 Å². The molecule has 0 aromatic carbocycles. The van der Waals surface area contributed by atoms with E-state index in [1.54, 1.807) is 0 Å². The van der Waals surface area contributed by atoms with Crippen molar-refractivity contribution in [1.29, 1.82) is 0 Å². The summed E-state index contributed by atoms with van der Waals surface area (Å²) in [5.74, 6) is 1.77. The van der Waals surface area contributed by atoms with Crippen LogP contribution in [0, 0.1) is 11.8 Å². The molecule has 0 aromatic rings. The highest BCUT2D eigenvalue weighted by molar-refractivity contribution is 4.93. The fourth-order valence-corrected chi connectivity index (χ4v) is 4.63. The van der Waals surface area contributed by atoms with Gasteiger partial charge < -0.3 is 14.8 Å². The normalized spacial score (nSPS) is 42.8. The van der Waals surface area contributed by atoms with Gasteiger partial charge in [-0.2, -0.15) is 0 Å². The number of hydrogen-bond acceptors (Lipinski definition) is 3. The van der Waals surface area contributed by atoms with Crippen molar-refractivity contribution < 1.29 is 9.47 Å². The first-order valence-electron chi connectivity index (χ1n) is 8.76. The Morgan fingerprint density at radius 3 is 2.80 bits per heavy atom. The van der Waals surface area contributed by atoms with E-state index in [4.69, 9.17) is 9.47 Å². The Bertz CT molecular complexity index is 301. The Labute approximate surface area is 123 Å². The van der Waals surface area contributed by atoms with Crippen molar-refractivity contribution in [3.8, 4) is 0 Å². The van der Waals surface area contributed by atoms with E-state index in [1.165, 1.54) is 44.9 Å². The average Bonchev–Trinajstić information content (AvgIpc) is 2.76. The largest absolute Gasteiger partial charge is 0.378 e. The third-order valence-corrected chi connectivity index (χ3v) is 5.72. The van der Waals surface area contributed by atoms with E-state index >= 15 is 0 Å². The fraction of sp³-hybridized carbons (Fsp3) is 1.00. The zero-order valence-electron chi connectivity index (χ0n) is 13.0. The Morgan fingerprint density at radius 2 is 2.00 bits per heavy atom. The molecule has 20 heavy (non-hydrogen) atoms. The Hall–Kier alpha value is -0.120. The van der Waals surface area contributed by atoms with E-state index in [0.717, 1.165) is 50.7 Å². The summed E-state index contributed by atoms with van der Waals surface area (Å²) in [7, 11) is 0. The third-order valence-electron chi connectivity index (χ3n) is 5.72. The van der Waals surface area contributed by atoms with Crippen LogP contribution < -0.4 is 5.32 Å². The van der Waals surface area contributed by atoms with Gasteiger partial charge in [0.15, 0.2) is 0 Å². The highest BCUT2D eigenvalue weighted by Crippen LogP contribution is 2.42. The molecule has 116 valence electrons. The number of ether oxygens (including phenoxy) is 2. The lowest BCUT2D eigenvalue weighted by Crippen LogP contribution is -2.43. The van der Waals surface area contributed by atoms with E-state index in [9.17, 15) is 0 Å². The lowest BCUT2D eigenvalue weighted by Gasteiger charge is -2.41. The van der Waals surface area contributed by atoms with Crippen molar-refractivity contribution in [3.63, 3.8) is 0 Å². The Morgan fingerprint density at radius 1 is 1.10 bits per heavy atom. The maximum absolute atomic E-state index is 6.11. The minimum Gasteiger partial charge on any atom is -0.378 e. The molecule has 0 aromatic heterocycles. The van der Waals surface area contributed by atoms with Crippen LogP contribution in [0.1, 0.15) is 58.3 Å². The van der Waals surface area contributed by atoms with Crippen LogP contribution in [-0.4, -0.2) is 38.0 Å². The second-order valence-electron chi connectivity index (χ2n) is 7.12. The molecule has 2 aliphatic heterocycles. The molecule has 0 bridgehead atoms. The lowest BCUT2D eigenvalue weighted by atomic mass is 9.75. The Balaban J connectivity index is 1.61. The average molecular weight is 281 g/mol. The molecule has 2 heterocycles. The minimum absolute atomic E-state index is 0.0862. The second kappa shape index (κ2) is 6.76. The number of nitrogens with one attached hydrogen (secondary N) is 1. The maximum atomic E-state index is 6.11. The van der Waals surface area contributed by atoms with Crippen LogP contribution in [0.25, 0.3) is 0 Å². The lowest BCUT2D eigenvalue weighted by molar-refractivity contribution is -0.107. The summed E-state index contributed by atoms with van der Waals surface area (Å²) in [6, 6.07) is 0.756. The maximum Gasteiger partial charge on any atom is 0.0939 e. The summed E-state index contributed by atoms with van der Waals surface area (Å²) in [6.07, 6.45) is 10.7. The smallest absolute Gasteiger partial charge is 0.0939 e. The molecule has 3 rings (SSSR count). The predicted molar refractivity (Wildman–Crippen MR) is 80.9 cm³/mol. The molecular formula is C17H31NO2. The van der Waals surface area contributed by atoms with Gasteiger partial charge in [-0.1, -0.05) is 26.2 Å². The molecule has 1 aliphatic carbocycles. The Kier molecular flexibility index (Phi) is 5.00. The molecule has 0 amide bonds. The molecule has 3 nitrogen and oxygen atoms in total. The first kappa shape index (κ1) is 14.8. The van der Waals surface area contributed by atoms with Gasteiger partial charge in [0.05, 0.1) is 12.2 Å². The van der Waals surface area contributed by atoms with E-state index in [1.807, 2.05) is 0 Å². The van der Waals surface area contributed by atoms with Gasteiger partial charge in [0.2, 0.25) is 0 Å².